The quantitative estimate of drug-likeness (QED) is 0.490. The second-order valence-corrected chi connectivity index (χ2v) is 0. The van der Waals surface area contributed by atoms with Gasteiger partial charge >= 0.3 is 54.4 Å². The van der Waals surface area contributed by atoms with Crippen LogP contribution in [0.4, 0.5) is 0 Å². The van der Waals surface area contributed by atoms with Gasteiger partial charge in [-0.2, -0.15) is 0 Å². The molecule has 23 valence electrons. The van der Waals surface area contributed by atoms with E-state index in [0.717, 1.165) is 0 Å². The predicted molar refractivity (Wildman–Crippen MR) is 11.4 cm³/mol. The van der Waals surface area contributed by atoms with Crippen molar-refractivity contribution < 1.29 is 67.2 Å². The molecule has 0 spiro atoms. The van der Waals surface area contributed by atoms with E-state index in [1.54, 1.807) is 0 Å². The maximum absolute atomic E-state index is 8.42. The molecule has 0 aliphatic rings. The molecule has 0 rings (SSSR count). The van der Waals surface area contributed by atoms with Crippen LogP contribution in [0.25, 0.3) is 0 Å². The Kier molecular flexibility index (Phi) is 167. The molecule has 0 radical (unpaired) electrons. The van der Waals surface area contributed by atoms with E-state index in [0.29, 0.717) is 0 Å². The van der Waals surface area contributed by atoms with Crippen LogP contribution >= 0.6 is 0 Å². The first kappa shape index (κ1) is 26.1. The summed E-state index contributed by atoms with van der Waals surface area (Å²) in [6, 6.07) is 0. The maximum atomic E-state index is 8.42. The Bertz CT molecular complexity index is 9.61. The van der Waals surface area contributed by atoms with E-state index in [9.17, 15) is 0 Å². The van der Waals surface area contributed by atoms with Gasteiger partial charge in [-0.1, -0.05) is 0 Å². The zero-order chi connectivity index (χ0) is 2.00. The van der Waals surface area contributed by atoms with Crippen LogP contribution in [-0.4, -0.2) is 24.3 Å². The first-order valence-electron chi connectivity index (χ1n) is 0.236. The summed E-state index contributed by atoms with van der Waals surface area (Å²) < 4.78 is 8.42. The van der Waals surface area contributed by atoms with Crippen molar-refractivity contribution >= 4 is 18.9 Å². The number of hydrogen-bond donors (Lipinski definition) is 0. The summed E-state index contributed by atoms with van der Waals surface area (Å²) >= 11 is -0.0833. The average Bonchev–Trinajstić information content (AvgIpc) is 1.00. The normalized spacial score (nSPS) is 1.20. The van der Waals surface area contributed by atoms with Crippen molar-refractivity contribution in [2.75, 3.05) is 0 Å². The smallest absolute Gasteiger partial charge is 0 e. The third kappa shape index (κ3) is 21.3. The Morgan fingerprint density at radius 2 is 1.20 bits per heavy atom. The summed E-state index contributed by atoms with van der Waals surface area (Å²) in [6.45, 7) is 0. The summed E-state index contributed by atoms with van der Waals surface area (Å²) in [5, 5.41) is 0. The molecule has 0 saturated carbocycles. The molecular formula is H3LaLiO2Zr. The SMILES string of the molecule is O.[LiH].[O]=[La].[Zr]. The van der Waals surface area contributed by atoms with Crippen molar-refractivity contribution in [3.05, 3.63) is 0 Å². The van der Waals surface area contributed by atoms with Crippen molar-refractivity contribution in [1.29, 1.82) is 0 Å². The second kappa shape index (κ2) is 32.1. The molecule has 0 fully saturated rings. The molecule has 0 saturated heterocycles. The molecule has 0 amide bonds. The van der Waals surface area contributed by atoms with Crippen molar-refractivity contribution in [3.8, 4) is 0 Å². The molecule has 0 unspecified atom stereocenters. The largest absolute Gasteiger partial charge is 0 e. The summed E-state index contributed by atoms with van der Waals surface area (Å²) in [6.07, 6.45) is 0. The van der Waals surface area contributed by atoms with Gasteiger partial charge in [-0.05, 0) is 0 Å². The molecule has 0 aromatic heterocycles. The van der Waals surface area contributed by atoms with E-state index in [1.807, 2.05) is 0 Å². The molecule has 0 heterocycles. The molecule has 2 nitrogen and oxygen atoms in total. The zero-order valence-corrected chi connectivity index (χ0v) is 8.07. The van der Waals surface area contributed by atoms with E-state index < -0.39 is 0 Å². The summed E-state index contributed by atoms with van der Waals surface area (Å²) in [5.74, 6) is 0. The standard InChI is InChI=1S/La.Li.H2O.O.Zr.H/h;;1H2;;;. The summed E-state index contributed by atoms with van der Waals surface area (Å²) in [5.41, 5.74) is 0. The van der Waals surface area contributed by atoms with Gasteiger partial charge in [0.2, 0.25) is 0 Å². The minimum atomic E-state index is -0.0833. The Labute approximate surface area is 84.4 Å². The zero-order valence-electron chi connectivity index (χ0n) is 1.99. The summed E-state index contributed by atoms with van der Waals surface area (Å²) in [7, 11) is 0. The summed E-state index contributed by atoms with van der Waals surface area (Å²) in [4.78, 5) is 0. The molecule has 2 N–H and O–H groups in total. The minimum Gasteiger partial charge on any atom is 0 e. The fraction of sp³-hybridized carbons (Fsp3) is 0. The molecular weight excluding hydrogens is 269 g/mol. The average molecular weight is 272 g/mol. The topological polar surface area (TPSA) is 48.6 Å². The van der Waals surface area contributed by atoms with E-state index in [1.165, 1.54) is 0 Å². The Balaban J connectivity index is -0.00000000167. The van der Waals surface area contributed by atoms with Gasteiger partial charge in [0.25, 0.3) is 0 Å². The van der Waals surface area contributed by atoms with Gasteiger partial charge in [0, 0.05) is 26.2 Å². The van der Waals surface area contributed by atoms with Gasteiger partial charge in [0.1, 0.15) is 0 Å². The van der Waals surface area contributed by atoms with Crippen LogP contribution in [0.3, 0.4) is 0 Å². The minimum absolute atomic E-state index is 0. The molecule has 5 heavy (non-hydrogen) atoms. The van der Waals surface area contributed by atoms with Crippen molar-refractivity contribution in [2.45, 2.75) is 0 Å². The molecule has 0 aliphatic carbocycles. The Morgan fingerprint density at radius 1 is 1.20 bits per heavy atom. The molecule has 0 aromatic rings. The van der Waals surface area contributed by atoms with Gasteiger partial charge in [-0.3, -0.25) is 0 Å². The van der Waals surface area contributed by atoms with Crippen molar-refractivity contribution in [3.63, 3.8) is 0 Å². The van der Waals surface area contributed by atoms with Gasteiger partial charge in [-0.15, -0.1) is 0 Å². The van der Waals surface area contributed by atoms with Crippen LogP contribution in [0.15, 0.2) is 0 Å². The van der Waals surface area contributed by atoms with E-state index in [-0.39, 0.29) is 84.3 Å². The van der Waals surface area contributed by atoms with Crippen LogP contribution in [-0.2, 0) is 27.9 Å². The van der Waals surface area contributed by atoms with Crippen molar-refractivity contribution in [1.82, 2.24) is 0 Å². The third-order valence-corrected chi connectivity index (χ3v) is 0. The molecule has 0 atom stereocenters. The fourth-order valence-electron chi connectivity index (χ4n) is 0. The van der Waals surface area contributed by atoms with Gasteiger partial charge < -0.3 is 5.48 Å². The van der Waals surface area contributed by atoms with Crippen LogP contribution < -0.4 is 0 Å². The first-order chi connectivity index (χ1) is 1.00. The van der Waals surface area contributed by atoms with Crippen LogP contribution in [0.5, 0.6) is 0 Å². The first-order valence-corrected chi connectivity index (χ1v) is 1.72. The number of rotatable bonds is 0. The monoisotopic (exact) mass is 271 g/mol. The Hall–Kier alpha value is 2.44. The van der Waals surface area contributed by atoms with E-state index >= 15 is 0 Å². The van der Waals surface area contributed by atoms with Gasteiger partial charge in [-0.25, -0.2) is 0 Å². The van der Waals surface area contributed by atoms with Crippen LogP contribution in [0.1, 0.15) is 0 Å². The molecule has 0 aromatic carbocycles. The third-order valence-electron chi connectivity index (χ3n) is 0. The molecule has 0 bridgehead atoms. The van der Waals surface area contributed by atoms with Gasteiger partial charge in [0.05, 0.1) is 0 Å². The Morgan fingerprint density at radius 3 is 1.20 bits per heavy atom. The fourth-order valence-corrected chi connectivity index (χ4v) is 0. The number of hydrogen-bond acceptors (Lipinski definition) is 1. The van der Waals surface area contributed by atoms with E-state index in [4.69, 9.17) is 1.70 Å². The van der Waals surface area contributed by atoms with Crippen molar-refractivity contribution in [2.24, 2.45) is 0 Å². The maximum Gasteiger partial charge on any atom is 0 e. The second-order valence-electron chi connectivity index (χ2n) is 0. The van der Waals surface area contributed by atoms with Gasteiger partial charge in [0.15, 0.2) is 0 Å². The van der Waals surface area contributed by atoms with E-state index in [2.05, 4.69) is 0 Å². The van der Waals surface area contributed by atoms with Crippen LogP contribution in [0, 0.1) is 33.8 Å². The molecule has 0 aliphatic heterocycles. The molecule has 5 heteroatoms. The predicted octanol–water partition coefficient (Wildman–Crippen LogP) is -1.59. The van der Waals surface area contributed by atoms with Crippen LogP contribution in [0.2, 0.25) is 0 Å².